The van der Waals surface area contributed by atoms with E-state index < -0.39 is 12.5 Å². The summed E-state index contributed by atoms with van der Waals surface area (Å²) in [7, 11) is 1.44. The second-order valence-corrected chi connectivity index (χ2v) is 5.34. The number of carbonyl (C=O) groups is 2. The Labute approximate surface area is 154 Å². The van der Waals surface area contributed by atoms with Crippen LogP contribution in [-0.4, -0.2) is 25.5 Å². The van der Waals surface area contributed by atoms with Crippen molar-refractivity contribution in [3.63, 3.8) is 0 Å². The fourth-order valence-corrected chi connectivity index (χ4v) is 2.25. The Morgan fingerprint density at radius 2 is 1.81 bits per heavy atom. The van der Waals surface area contributed by atoms with E-state index in [0.29, 0.717) is 22.7 Å². The van der Waals surface area contributed by atoms with Gasteiger partial charge in [-0.2, -0.15) is 8.78 Å². The average molecular weight is 376 g/mol. The SMILES string of the molecule is COc1ccc(NC(C)=O)cc1NC(=O)/C=C/c1ccccc1OC(F)F. The van der Waals surface area contributed by atoms with Crippen LogP contribution in [0.2, 0.25) is 0 Å². The molecule has 27 heavy (non-hydrogen) atoms. The van der Waals surface area contributed by atoms with E-state index in [9.17, 15) is 18.4 Å². The summed E-state index contributed by atoms with van der Waals surface area (Å²) in [5.41, 5.74) is 1.15. The van der Waals surface area contributed by atoms with Crippen molar-refractivity contribution in [2.75, 3.05) is 17.7 Å². The number of ether oxygens (including phenoxy) is 2. The molecule has 0 saturated heterocycles. The van der Waals surface area contributed by atoms with Crippen LogP contribution in [0.15, 0.2) is 48.5 Å². The number of methoxy groups -OCH3 is 1. The molecular formula is C19H18F2N2O4. The fraction of sp³-hybridized carbons (Fsp3) is 0.158. The third-order valence-electron chi connectivity index (χ3n) is 3.33. The van der Waals surface area contributed by atoms with Crippen molar-refractivity contribution in [3.05, 3.63) is 54.1 Å². The molecule has 2 aromatic carbocycles. The summed E-state index contributed by atoms with van der Waals surface area (Å²) < 4.78 is 34.4. The summed E-state index contributed by atoms with van der Waals surface area (Å²) in [4.78, 5) is 23.4. The van der Waals surface area contributed by atoms with Crippen LogP contribution in [-0.2, 0) is 9.59 Å². The van der Waals surface area contributed by atoms with Gasteiger partial charge in [-0.25, -0.2) is 0 Å². The molecule has 2 rings (SSSR count). The topological polar surface area (TPSA) is 76.7 Å². The minimum atomic E-state index is -2.96. The lowest BCUT2D eigenvalue weighted by molar-refractivity contribution is -0.114. The van der Waals surface area contributed by atoms with Gasteiger partial charge in [0.25, 0.3) is 0 Å². The summed E-state index contributed by atoms with van der Waals surface area (Å²) in [5.74, 6) is -0.415. The summed E-state index contributed by atoms with van der Waals surface area (Å²) in [6.45, 7) is -1.60. The Balaban J connectivity index is 2.16. The van der Waals surface area contributed by atoms with Crippen LogP contribution in [0.25, 0.3) is 6.08 Å². The van der Waals surface area contributed by atoms with Crippen molar-refractivity contribution in [1.29, 1.82) is 0 Å². The van der Waals surface area contributed by atoms with Gasteiger partial charge in [0.2, 0.25) is 11.8 Å². The second-order valence-electron chi connectivity index (χ2n) is 5.34. The molecule has 8 heteroatoms. The summed E-state index contributed by atoms with van der Waals surface area (Å²) in [6, 6.07) is 10.9. The van der Waals surface area contributed by atoms with Crippen LogP contribution in [0.4, 0.5) is 20.2 Å². The van der Waals surface area contributed by atoms with E-state index in [4.69, 9.17) is 4.74 Å². The van der Waals surface area contributed by atoms with Crippen LogP contribution < -0.4 is 20.1 Å². The van der Waals surface area contributed by atoms with E-state index >= 15 is 0 Å². The number of anilines is 2. The van der Waals surface area contributed by atoms with E-state index in [1.54, 1.807) is 36.4 Å². The molecule has 2 N–H and O–H groups in total. The lowest BCUT2D eigenvalue weighted by Crippen LogP contribution is -2.11. The lowest BCUT2D eigenvalue weighted by Gasteiger charge is -2.11. The molecule has 0 spiro atoms. The maximum atomic E-state index is 12.4. The van der Waals surface area contributed by atoms with Crippen LogP contribution >= 0.6 is 0 Å². The third-order valence-corrected chi connectivity index (χ3v) is 3.33. The molecule has 0 aliphatic heterocycles. The maximum Gasteiger partial charge on any atom is 0.387 e. The number of nitrogens with one attached hydrogen (secondary N) is 2. The van der Waals surface area contributed by atoms with E-state index in [1.165, 1.54) is 32.3 Å². The van der Waals surface area contributed by atoms with Crippen molar-refractivity contribution in [2.24, 2.45) is 0 Å². The molecule has 142 valence electrons. The van der Waals surface area contributed by atoms with Crippen LogP contribution in [0.5, 0.6) is 11.5 Å². The van der Waals surface area contributed by atoms with E-state index in [1.807, 2.05) is 0 Å². The lowest BCUT2D eigenvalue weighted by atomic mass is 10.2. The number of halogens is 2. The van der Waals surface area contributed by atoms with Gasteiger partial charge < -0.3 is 20.1 Å². The number of carbonyl (C=O) groups excluding carboxylic acids is 2. The molecule has 0 aromatic heterocycles. The highest BCUT2D eigenvalue weighted by Crippen LogP contribution is 2.28. The Morgan fingerprint density at radius 3 is 2.48 bits per heavy atom. The minimum absolute atomic E-state index is 0.0400. The zero-order valence-corrected chi connectivity index (χ0v) is 14.7. The smallest absolute Gasteiger partial charge is 0.387 e. The Morgan fingerprint density at radius 1 is 1.07 bits per heavy atom. The number of hydrogen-bond acceptors (Lipinski definition) is 4. The van der Waals surface area contributed by atoms with E-state index in [-0.39, 0.29) is 11.7 Å². The van der Waals surface area contributed by atoms with Gasteiger partial charge in [-0.1, -0.05) is 18.2 Å². The molecule has 0 atom stereocenters. The molecule has 0 saturated carbocycles. The average Bonchev–Trinajstić information content (AvgIpc) is 2.60. The zero-order valence-electron chi connectivity index (χ0n) is 14.7. The molecular weight excluding hydrogens is 358 g/mol. The van der Waals surface area contributed by atoms with Crippen molar-refractivity contribution in [1.82, 2.24) is 0 Å². The number of rotatable bonds is 7. The summed E-state index contributed by atoms with van der Waals surface area (Å²) in [5, 5.41) is 5.22. The van der Waals surface area contributed by atoms with Gasteiger partial charge in [-0.3, -0.25) is 9.59 Å². The highest BCUT2D eigenvalue weighted by atomic mass is 19.3. The first-order valence-electron chi connectivity index (χ1n) is 7.87. The minimum Gasteiger partial charge on any atom is -0.495 e. The Hall–Kier alpha value is -3.42. The fourth-order valence-electron chi connectivity index (χ4n) is 2.25. The second kappa shape index (κ2) is 9.33. The van der Waals surface area contributed by atoms with Crippen LogP contribution in [0.3, 0.4) is 0 Å². The molecule has 0 fully saturated rings. The normalized spacial score (nSPS) is 10.7. The van der Waals surface area contributed by atoms with Crippen LogP contribution in [0.1, 0.15) is 12.5 Å². The quantitative estimate of drug-likeness (QED) is 0.719. The van der Waals surface area contributed by atoms with Gasteiger partial charge in [0.15, 0.2) is 0 Å². The molecule has 2 amide bonds. The summed E-state index contributed by atoms with van der Waals surface area (Å²) >= 11 is 0. The van der Waals surface area contributed by atoms with Crippen molar-refractivity contribution >= 4 is 29.3 Å². The molecule has 0 heterocycles. The predicted octanol–water partition coefficient (Wildman–Crippen LogP) is 3.91. The van der Waals surface area contributed by atoms with Gasteiger partial charge in [-0.15, -0.1) is 0 Å². The van der Waals surface area contributed by atoms with Gasteiger partial charge in [0.1, 0.15) is 11.5 Å². The van der Waals surface area contributed by atoms with E-state index in [0.717, 1.165) is 0 Å². The number of benzene rings is 2. The molecule has 0 bridgehead atoms. The number of alkyl halides is 2. The highest BCUT2D eigenvalue weighted by Gasteiger charge is 2.09. The number of amides is 2. The molecule has 0 radical (unpaired) electrons. The Kier molecular flexibility index (Phi) is 6.87. The monoisotopic (exact) mass is 376 g/mol. The third kappa shape index (κ3) is 6.10. The predicted molar refractivity (Wildman–Crippen MR) is 98.0 cm³/mol. The van der Waals surface area contributed by atoms with Crippen molar-refractivity contribution in [2.45, 2.75) is 13.5 Å². The number of para-hydroxylation sites is 1. The highest BCUT2D eigenvalue weighted by molar-refractivity contribution is 6.03. The molecule has 6 nitrogen and oxygen atoms in total. The first-order valence-corrected chi connectivity index (χ1v) is 7.87. The standard InChI is InChI=1S/C19H18F2N2O4/c1-12(24)22-14-8-9-17(26-2)15(11-14)23-18(25)10-7-13-5-3-4-6-16(13)27-19(20)21/h3-11,19H,1-2H3,(H,22,24)(H,23,25)/b10-7+. The summed E-state index contributed by atoms with van der Waals surface area (Å²) in [6.07, 6.45) is 2.54. The molecule has 0 aliphatic carbocycles. The van der Waals surface area contributed by atoms with Crippen LogP contribution in [0, 0.1) is 0 Å². The first-order chi connectivity index (χ1) is 12.9. The van der Waals surface area contributed by atoms with Gasteiger partial charge in [-0.05, 0) is 30.3 Å². The first kappa shape index (κ1) is 19.9. The largest absolute Gasteiger partial charge is 0.495 e. The molecule has 0 unspecified atom stereocenters. The van der Waals surface area contributed by atoms with Crippen molar-refractivity contribution < 1.29 is 27.8 Å². The molecule has 0 aliphatic rings. The number of hydrogen-bond donors (Lipinski definition) is 2. The van der Waals surface area contributed by atoms with Gasteiger partial charge in [0.05, 0.1) is 12.8 Å². The van der Waals surface area contributed by atoms with Gasteiger partial charge >= 0.3 is 6.61 Å². The zero-order chi connectivity index (χ0) is 19.8. The maximum absolute atomic E-state index is 12.4. The molecule has 2 aromatic rings. The Bertz CT molecular complexity index is 853. The van der Waals surface area contributed by atoms with Gasteiger partial charge in [0, 0.05) is 24.3 Å². The van der Waals surface area contributed by atoms with E-state index in [2.05, 4.69) is 15.4 Å². The van der Waals surface area contributed by atoms with Crippen molar-refractivity contribution in [3.8, 4) is 11.5 Å².